The van der Waals surface area contributed by atoms with Crippen LogP contribution in [0.3, 0.4) is 0 Å². The van der Waals surface area contributed by atoms with Crippen molar-refractivity contribution in [2.75, 3.05) is 6.61 Å². The molecular weight excluding hydrogens is 186 g/mol. The molecule has 2 rings (SSSR count). The monoisotopic (exact) mass is 205 g/mol. The number of hydrogen-bond donors (Lipinski definition) is 2. The Hall–Kier alpha value is -0.860. The molecule has 82 valence electrons. The highest BCUT2D eigenvalue weighted by Crippen LogP contribution is 2.36. The highest BCUT2D eigenvalue weighted by atomic mass is 16.2. The summed E-state index contributed by atoms with van der Waals surface area (Å²) < 4.78 is 0. The molecule has 0 spiro atoms. The van der Waals surface area contributed by atoms with E-state index in [2.05, 4.69) is 18.2 Å². The molecular formula is C13H19NO. The maximum Gasteiger partial charge on any atom is 0.0471 e. The quantitative estimate of drug-likeness (QED) is 0.792. The summed E-state index contributed by atoms with van der Waals surface area (Å²) in [6.07, 6.45) is 5.39. The summed E-state index contributed by atoms with van der Waals surface area (Å²) in [5, 5.41) is 8.91. The molecule has 0 heterocycles. The van der Waals surface area contributed by atoms with E-state index in [9.17, 15) is 0 Å². The summed E-state index contributed by atoms with van der Waals surface area (Å²) in [6.45, 7) is 0.209. The number of benzene rings is 1. The van der Waals surface area contributed by atoms with Gasteiger partial charge >= 0.3 is 0 Å². The molecule has 1 aromatic carbocycles. The number of aliphatic hydroxyl groups excluding tert-OH is 1. The Morgan fingerprint density at radius 2 is 2.00 bits per heavy atom. The Balaban J connectivity index is 2.23. The van der Waals surface area contributed by atoms with Crippen molar-refractivity contribution < 1.29 is 5.11 Å². The normalized spacial score (nSPS) is 19.3. The Bertz CT molecular complexity index is 329. The molecule has 2 nitrogen and oxygen atoms in total. The van der Waals surface area contributed by atoms with Gasteiger partial charge in [-0.3, -0.25) is 0 Å². The fraction of sp³-hybridized carbons (Fsp3) is 0.538. The lowest BCUT2D eigenvalue weighted by Gasteiger charge is -2.24. The van der Waals surface area contributed by atoms with E-state index in [4.69, 9.17) is 10.8 Å². The first-order chi connectivity index (χ1) is 7.24. The summed E-state index contributed by atoms with van der Waals surface area (Å²) in [7, 11) is 0. The SMILES string of the molecule is NC1(c2cccc(CCO)c2)CCCC1. The van der Waals surface area contributed by atoms with Crippen molar-refractivity contribution in [3.05, 3.63) is 35.4 Å². The molecule has 0 aromatic heterocycles. The third-order valence-electron chi connectivity index (χ3n) is 3.40. The van der Waals surface area contributed by atoms with Gasteiger partial charge in [-0.05, 0) is 30.4 Å². The first kappa shape index (κ1) is 10.7. The van der Waals surface area contributed by atoms with Gasteiger partial charge in [-0.1, -0.05) is 37.1 Å². The summed E-state index contributed by atoms with van der Waals surface area (Å²) in [4.78, 5) is 0. The van der Waals surface area contributed by atoms with Gasteiger partial charge in [0, 0.05) is 12.1 Å². The smallest absolute Gasteiger partial charge is 0.0471 e. The van der Waals surface area contributed by atoms with Gasteiger partial charge < -0.3 is 10.8 Å². The van der Waals surface area contributed by atoms with Gasteiger partial charge in [0.2, 0.25) is 0 Å². The van der Waals surface area contributed by atoms with Gasteiger partial charge in [0.25, 0.3) is 0 Å². The van der Waals surface area contributed by atoms with Crippen molar-refractivity contribution in [1.82, 2.24) is 0 Å². The van der Waals surface area contributed by atoms with Crippen LogP contribution >= 0.6 is 0 Å². The molecule has 1 aromatic rings. The predicted octanol–water partition coefficient (Wildman–Crippen LogP) is 1.95. The minimum absolute atomic E-state index is 0.106. The zero-order valence-electron chi connectivity index (χ0n) is 9.08. The summed E-state index contributed by atoms with van der Waals surface area (Å²) in [6, 6.07) is 8.37. The zero-order valence-corrected chi connectivity index (χ0v) is 9.08. The van der Waals surface area contributed by atoms with Gasteiger partial charge in [0.15, 0.2) is 0 Å². The van der Waals surface area contributed by atoms with E-state index in [1.54, 1.807) is 0 Å². The van der Waals surface area contributed by atoms with E-state index >= 15 is 0 Å². The lowest BCUT2D eigenvalue weighted by molar-refractivity contribution is 0.299. The standard InChI is InChI=1S/C13H19NO/c14-13(7-1-2-8-13)12-5-3-4-11(10-12)6-9-15/h3-5,10,15H,1-2,6-9,14H2. The second kappa shape index (κ2) is 4.33. The van der Waals surface area contributed by atoms with Gasteiger partial charge in [-0.25, -0.2) is 0 Å². The molecule has 15 heavy (non-hydrogen) atoms. The number of nitrogens with two attached hydrogens (primary N) is 1. The Morgan fingerprint density at radius 3 is 2.67 bits per heavy atom. The van der Waals surface area contributed by atoms with Crippen LogP contribution in [-0.2, 0) is 12.0 Å². The van der Waals surface area contributed by atoms with Crippen LogP contribution in [0.15, 0.2) is 24.3 Å². The van der Waals surface area contributed by atoms with E-state index < -0.39 is 0 Å². The van der Waals surface area contributed by atoms with Crippen molar-refractivity contribution in [3.8, 4) is 0 Å². The van der Waals surface area contributed by atoms with Crippen molar-refractivity contribution in [2.45, 2.75) is 37.6 Å². The minimum atomic E-state index is -0.106. The molecule has 0 radical (unpaired) electrons. The van der Waals surface area contributed by atoms with Crippen molar-refractivity contribution >= 4 is 0 Å². The molecule has 0 unspecified atom stereocenters. The molecule has 0 saturated heterocycles. The Morgan fingerprint density at radius 1 is 1.27 bits per heavy atom. The van der Waals surface area contributed by atoms with Crippen molar-refractivity contribution in [3.63, 3.8) is 0 Å². The maximum atomic E-state index is 8.91. The fourth-order valence-electron chi connectivity index (χ4n) is 2.46. The second-order valence-electron chi connectivity index (χ2n) is 4.54. The van der Waals surface area contributed by atoms with Gasteiger partial charge in [-0.2, -0.15) is 0 Å². The minimum Gasteiger partial charge on any atom is -0.396 e. The van der Waals surface area contributed by atoms with Crippen molar-refractivity contribution in [1.29, 1.82) is 0 Å². The molecule has 2 heteroatoms. The van der Waals surface area contributed by atoms with Crippen LogP contribution in [-0.4, -0.2) is 11.7 Å². The Labute approximate surface area is 91.1 Å². The third kappa shape index (κ3) is 2.21. The van der Waals surface area contributed by atoms with E-state index in [1.807, 2.05) is 6.07 Å². The lowest BCUT2D eigenvalue weighted by atomic mass is 9.88. The van der Waals surface area contributed by atoms with E-state index in [-0.39, 0.29) is 12.1 Å². The van der Waals surface area contributed by atoms with Crippen LogP contribution in [0.25, 0.3) is 0 Å². The number of aliphatic hydroxyl groups is 1. The van der Waals surface area contributed by atoms with Crippen molar-refractivity contribution in [2.24, 2.45) is 5.73 Å². The van der Waals surface area contributed by atoms with Crippen LogP contribution < -0.4 is 5.73 Å². The predicted molar refractivity (Wildman–Crippen MR) is 61.6 cm³/mol. The van der Waals surface area contributed by atoms with Crippen LogP contribution in [0.1, 0.15) is 36.8 Å². The number of hydrogen-bond acceptors (Lipinski definition) is 2. The molecule has 3 N–H and O–H groups in total. The highest BCUT2D eigenvalue weighted by molar-refractivity contribution is 5.30. The highest BCUT2D eigenvalue weighted by Gasteiger charge is 2.30. The largest absolute Gasteiger partial charge is 0.396 e. The van der Waals surface area contributed by atoms with Crippen LogP contribution in [0.5, 0.6) is 0 Å². The summed E-state index contributed by atoms with van der Waals surface area (Å²) >= 11 is 0. The zero-order chi connectivity index (χ0) is 10.7. The first-order valence-corrected chi connectivity index (χ1v) is 5.74. The number of rotatable bonds is 3. The summed E-state index contributed by atoms with van der Waals surface area (Å²) in [5.41, 5.74) is 8.71. The Kier molecular flexibility index (Phi) is 3.08. The fourth-order valence-corrected chi connectivity index (χ4v) is 2.46. The topological polar surface area (TPSA) is 46.2 Å². The van der Waals surface area contributed by atoms with Crippen LogP contribution in [0.4, 0.5) is 0 Å². The van der Waals surface area contributed by atoms with Gasteiger partial charge in [-0.15, -0.1) is 0 Å². The van der Waals surface area contributed by atoms with Gasteiger partial charge in [0.1, 0.15) is 0 Å². The van der Waals surface area contributed by atoms with Crippen LogP contribution in [0, 0.1) is 0 Å². The molecule has 0 amide bonds. The molecule has 1 aliphatic carbocycles. The molecule has 0 atom stereocenters. The lowest BCUT2D eigenvalue weighted by Crippen LogP contribution is -2.33. The average Bonchev–Trinajstić information content (AvgIpc) is 2.68. The van der Waals surface area contributed by atoms with Crippen LogP contribution in [0.2, 0.25) is 0 Å². The summed E-state index contributed by atoms with van der Waals surface area (Å²) in [5.74, 6) is 0. The van der Waals surface area contributed by atoms with E-state index in [1.165, 1.54) is 24.0 Å². The molecule has 1 saturated carbocycles. The molecule has 0 bridgehead atoms. The second-order valence-corrected chi connectivity index (χ2v) is 4.54. The molecule has 1 aliphatic rings. The van der Waals surface area contributed by atoms with E-state index in [0.717, 1.165) is 19.3 Å². The first-order valence-electron chi connectivity index (χ1n) is 5.74. The average molecular weight is 205 g/mol. The molecule has 1 fully saturated rings. The third-order valence-corrected chi connectivity index (χ3v) is 3.40. The van der Waals surface area contributed by atoms with Gasteiger partial charge in [0.05, 0.1) is 0 Å². The van der Waals surface area contributed by atoms with E-state index in [0.29, 0.717) is 0 Å². The maximum absolute atomic E-state index is 8.91. The molecule has 0 aliphatic heterocycles.